The Hall–Kier alpha value is -1.20. The van der Waals surface area contributed by atoms with Gasteiger partial charge < -0.3 is 14.9 Å². The van der Waals surface area contributed by atoms with Crippen LogP contribution in [0, 0.1) is 0 Å². The van der Waals surface area contributed by atoms with Gasteiger partial charge in [0.05, 0.1) is 11.3 Å². The van der Waals surface area contributed by atoms with Crippen molar-refractivity contribution in [3.8, 4) is 0 Å². The van der Waals surface area contributed by atoms with Gasteiger partial charge in [-0.15, -0.1) is 11.8 Å². The van der Waals surface area contributed by atoms with Crippen molar-refractivity contribution in [1.82, 2.24) is 4.90 Å². The third-order valence-electron chi connectivity index (χ3n) is 3.87. The monoisotopic (exact) mass is 308 g/mol. The number of carboxylic acid groups (broad SMARTS) is 1. The van der Waals surface area contributed by atoms with Crippen molar-refractivity contribution in [1.29, 1.82) is 0 Å². The number of rotatable bonds is 4. The fourth-order valence-electron chi connectivity index (χ4n) is 2.98. The summed E-state index contributed by atoms with van der Waals surface area (Å²) in [6.45, 7) is 7.16. The fourth-order valence-corrected chi connectivity index (χ4v) is 3.80. The van der Waals surface area contributed by atoms with Crippen molar-refractivity contribution in [3.05, 3.63) is 23.8 Å². The zero-order chi connectivity index (χ0) is 15.4. The molecular weight excluding hydrogens is 284 g/mol. The van der Waals surface area contributed by atoms with Crippen LogP contribution in [0.25, 0.3) is 0 Å². The lowest BCUT2D eigenvalue weighted by Gasteiger charge is -2.31. The van der Waals surface area contributed by atoms with E-state index in [-0.39, 0.29) is 0 Å². The van der Waals surface area contributed by atoms with Gasteiger partial charge in [-0.3, -0.25) is 0 Å². The molecule has 1 N–H and O–H groups in total. The molecule has 0 spiro atoms. The van der Waals surface area contributed by atoms with Crippen LogP contribution in [0.4, 0.5) is 5.69 Å². The third-order valence-corrected chi connectivity index (χ3v) is 4.81. The van der Waals surface area contributed by atoms with Crippen LogP contribution in [-0.4, -0.2) is 54.5 Å². The summed E-state index contributed by atoms with van der Waals surface area (Å²) in [5.74, 6) is 0.0496. The number of hydrogen-bond donors (Lipinski definition) is 1. The number of benzene rings is 1. The van der Waals surface area contributed by atoms with E-state index in [2.05, 4.69) is 23.8 Å². The normalized spacial score (nSPS) is 20.3. The lowest BCUT2D eigenvalue weighted by molar-refractivity contribution is 0.0693. The number of carboxylic acids is 1. The molecule has 0 aliphatic carbocycles. The minimum absolute atomic E-state index is 0.317. The van der Waals surface area contributed by atoms with Crippen LogP contribution >= 0.6 is 11.8 Å². The van der Waals surface area contributed by atoms with Gasteiger partial charge in [-0.25, -0.2) is 4.79 Å². The van der Waals surface area contributed by atoms with Crippen molar-refractivity contribution in [2.45, 2.75) is 31.2 Å². The minimum Gasteiger partial charge on any atom is -0.478 e. The van der Waals surface area contributed by atoms with Crippen LogP contribution in [0.3, 0.4) is 0 Å². The molecule has 116 valence electrons. The molecule has 0 radical (unpaired) electrons. The number of anilines is 1. The first kappa shape index (κ1) is 16.2. The zero-order valence-electron chi connectivity index (χ0n) is 13.0. The molecular formula is C16H24N2O2S. The molecule has 0 amide bonds. The van der Waals surface area contributed by atoms with Gasteiger partial charge in [-0.2, -0.15) is 0 Å². The molecule has 21 heavy (non-hydrogen) atoms. The van der Waals surface area contributed by atoms with E-state index in [1.165, 1.54) is 0 Å². The lowest BCUT2D eigenvalue weighted by atomic mass is 10.1. The van der Waals surface area contributed by atoms with Gasteiger partial charge in [0.25, 0.3) is 0 Å². The molecule has 1 aliphatic heterocycles. The van der Waals surface area contributed by atoms with Gasteiger partial charge in [-0.1, -0.05) is 13.0 Å². The van der Waals surface area contributed by atoms with E-state index in [9.17, 15) is 9.90 Å². The fraction of sp³-hybridized carbons (Fsp3) is 0.562. The summed E-state index contributed by atoms with van der Waals surface area (Å²) in [6.07, 6.45) is 1.06. The second kappa shape index (κ2) is 7.18. The summed E-state index contributed by atoms with van der Waals surface area (Å²) in [5.41, 5.74) is 1.32. The Labute approximate surface area is 131 Å². The summed E-state index contributed by atoms with van der Waals surface area (Å²) >= 11 is 1.60. The molecule has 1 fully saturated rings. The Morgan fingerprint density at radius 3 is 2.86 bits per heavy atom. The van der Waals surface area contributed by atoms with Gasteiger partial charge in [0.1, 0.15) is 0 Å². The maximum Gasteiger partial charge on any atom is 0.338 e. The van der Waals surface area contributed by atoms with Crippen LogP contribution in [0.5, 0.6) is 0 Å². The maximum absolute atomic E-state index is 11.8. The topological polar surface area (TPSA) is 43.8 Å². The lowest BCUT2D eigenvalue weighted by Crippen LogP contribution is -2.38. The number of aromatic carboxylic acids is 1. The van der Waals surface area contributed by atoms with Crippen LogP contribution in [0.2, 0.25) is 0 Å². The minimum atomic E-state index is -0.827. The van der Waals surface area contributed by atoms with E-state index in [1.807, 2.05) is 25.1 Å². The Morgan fingerprint density at radius 1 is 1.43 bits per heavy atom. The molecule has 2 rings (SSSR count). The van der Waals surface area contributed by atoms with E-state index in [0.717, 1.165) is 42.4 Å². The molecule has 1 saturated heterocycles. The molecule has 0 saturated carbocycles. The van der Waals surface area contributed by atoms with E-state index in [4.69, 9.17) is 0 Å². The van der Waals surface area contributed by atoms with E-state index in [1.54, 1.807) is 11.8 Å². The first-order valence-corrected chi connectivity index (χ1v) is 8.47. The Balaban J connectivity index is 2.42. The predicted molar refractivity (Wildman–Crippen MR) is 88.7 cm³/mol. The molecule has 5 heteroatoms. The van der Waals surface area contributed by atoms with Crippen LogP contribution in [0.15, 0.2) is 23.1 Å². The quantitative estimate of drug-likeness (QED) is 0.866. The summed E-state index contributed by atoms with van der Waals surface area (Å²) in [6, 6.07) is 6.15. The standard InChI is InChI=1S/C16H24N2O2S/c1-4-21-14-8-5-7-13(15(14)16(19)20)18-10-6-9-17(3)11-12(18)2/h5,7-8,12H,4,6,9-11H2,1-3H3,(H,19,20). The summed E-state index contributed by atoms with van der Waals surface area (Å²) in [4.78, 5) is 17.2. The number of likely N-dealkylation sites (N-methyl/N-ethyl adjacent to an activating group) is 1. The molecule has 0 bridgehead atoms. The van der Waals surface area contributed by atoms with E-state index >= 15 is 0 Å². The average Bonchev–Trinajstić information content (AvgIpc) is 2.59. The van der Waals surface area contributed by atoms with Gasteiger partial charge in [-0.05, 0) is 44.8 Å². The highest BCUT2D eigenvalue weighted by atomic mass is 32.2. The molecule has 1 heterocycles. The van der Waals surface area contributed by atoms with Crippen molar-refractivity contribution >= 4 is 23.4 Å². The SMILES string of the molecule is CCSc1cccc(N2CCCN(C)CC2C)c1C(=O)O. The first-order chi connectivity index (χ1) is 10.0. The zero-order valence-corrected chi connectivity index (χ0v) is 13.8. The Bertz CT molecular complexity index is 507. The van der Waals surface area contributed by atoms with Gasteiger partial charge in [0.15, 0.2) is 0 Å². The molecule has 1 aromatic rings. The third kappa shape index (κ3) is 3.71. The van der Waals surface area contributed by atoms with Crippen molar-refractivity contribution in [3.63, 3.8) is 0 Å². The highest BCUT2D eigenvalue weighted by Gasteiger charge is 2.25. The maximum atomic E-state index is 11.8. The largest absolute Gasteiger partial charge is 0.478 e. The van der Waals surface area contributed by atoms with Gasteiger partial charge >= 0.3 is 5.97 Å². The number of nitrogens with zero attached hydrogens (tertiary/aromatic N) is 2. The summed E-state index contributed by atoms with van der Waals surface area (Å²) in [5, 5.41) is 9.66. The van der Waals surface area contributed by atoms with Crippen LogP contribution in [-0.2, 0) is 0 Å². The van der Waals surface area contributed by atoms with Gasteiger partial charge in [0.2, 0.25) is 0 Å². The summed E-state index contributed by atoms with van der Waals surface area (Å²) in [7, 11) is 2.13. The molecule has 1 aliphatic rings. The molecule has 1 atom stereocenters. The van der Waals surface area contributed by atoms with E-state index < -0.39 is 5.97 Å². The highest BCUT2D eigenvalue weighted by molar-refractivity contribution is 7.99. The highest BCUT2D eigenvalue weighted by Crippen LogP contribution is 2.32. The number of carbonyl (C=O) groups is 1. The summed E-state index contributed by atoms with van der Waals surface area (Å²) < 4.78 is 0. The smallest absolute Gasteiger partial charge is 0.338 e. The van der Waals surface area contributed by atoms with Crippen LogP contribution < -0.4 is 4.90 Å². The van der Waals surface area contributed by atoms with E-state index in [0.29, 0.717) is 11.6 Å². The van der Waals surface area contributed by atoms with Crippen LogP contribution in [0.1, 0.15) is 30.6 Å². The van der Waals surface area contributed by atoms with Crippen molar-refractivity contribution in [2.24, 2.45) is 0 Å². The van der Waals surface area contributed by atoms with Crippen molar-refractivity contribution in [2.75, 3.05) is 37.3 Å². The molecule has 4 nitrogen and oxygen atoms in total. The van der Waals surface area contributed by atoms with Gasteiger partial charge in [0, 0.05) is 24.0 Å². The second-order valence-electron chi connectivity index (χ2n) is 5.55. The first-order valence-electron chi connectivity index (χ1n) is 7.48. The number of hydrogen-bond acceptors (Lipinski definition) is 4. The molecule has 0 aromatic heterocycles. The number of thioether (sulfide) groups is 1. The Kier molecular flexibility index (Phi) is 5.53. The molecule has 1 unspecified atom stereocenters. The second-order valence-corrected chi connectivity index (χ2v) is 6.85. The molecule has 1 aromatic carbocycles. The Morgan fingerprint density at radius 2 is 2.19 bits per heavy atom. The average molecular weight is 308 g/mol. The van der Waals surface area contributed by atoms with Crippen molar-refractivity contribution < 1.29 is 9.90 Å². The predicted octanol–water partition coefficient (Wildman–Crippen LogP) is 3.03.